The van der Waals surface area contributed by atoms with Crippen molar-refractivity contribution in [2.75, 3.05) is 11.4 Å². The fraction of sp³-hybridized carbons (Fsp3) is 0.0952. The Kier molecular flexibility index (Phi) is 4.96. The molecule has 0 saturated heterocycles. The monoisotopic (exact) mass is 409 g/mol. The van der Waals surface area contributed by atoms with Crippen LogP contribution in [0.5, 0.6) is 0 Å². The van der Waals surface area contributed by atoms with Crippen molar-refractivity contribution < 1.29 is 17.9 Å². The molecule has 29 heavy (non-hydrogen) atoms. The molecule has 8 heteroatoms. The van der Waals surface area contributed by atoms with Crippen LogP contribution >= 0.6 is 0 Å². The molecule has 0 fully saturated rings. The summed E-state index contributed by atoms with van der Waals surface area (Å²) in [6.07, 6.45) is 1.48. The van der Waals surface area contributed by atoms with Crippen LogP contribution in [-0.2, 0) is 16.6 Å². The molecule has 0 radical (unpaired) electrons. The number of aliphatic hydroxyl groups is 1. The normalized spacial score (nSPS) is 14.6. The highest BCUT2D eigenvalue weighted by Gasteiger charge is 2.29. The summed E-state index contributed by atoms with van der Waals surface area (Å²) in [4.78, 5) is 1.64. The summed E-state index contributed by atoms with van der Waals surface area (Å²) >= 11 is 0. The number of nitrogens with one attached hydrogen (secondary N) is 2. The van der Waals surface area contributed by atoms with E-state index in [1.165, 1.54) is 18.4 Å². The molecule has 4 rings (SSSR count). The summed E-state index contributed by atoms with van der Waals surface area (Å²) in [7, 11) is -3.77. The number of sulfonamides is 1. The standard InChI is InChI=1S/C21H19N3O4S/c22-21-20(15-6-2-1-3-7-15)19(25)14-24(21)16-8-4-10-18(12-16)29(26,27)23-13-17-9-5-11-28-17/h1-12,22-23,25H,13-14H2. The highest BCUT2D eigenvalue weighted by atomic mass is 32.2. The number of benzene rings is 2. The fourth-order valence-corrected chi connectivity index (χ4v) is 4.22. The Morgan fingerprint density at radius 2 is 1.86 bits per heavy atom. The Balaban J connectivity index is 1.57. The van der Waals surface area contributed by atoms with Crippen molar-refractivity contribution in [3.8, 4) is 0 Å². The zero-order valence-electron chi connectivity index (χ0n) is 15.4. The number of anilines is 1. The lowest BCUT2D eigenvalue weighted by atomic mass is 10.1. The first-order valence-corrected chi connectivity index (χ1v) is 10.4. The lowest BCUT2D eigenvalue weighted by molar-refractivity contribution is 0.411. The number of nitrogens with zero attached hydrogens (tertiary/aromatic N) is 1. The average Bonchev–Trinajstić information content (AvgIpc) is 3.35. The van der Waals surface area contributed by atoms with Crippen LogP contribution in [-0.4, -0.2) is 25.9 Å². The van der Waals surface area contributed by atoms with E-state index in [1.807, 2.05) is 30.3 Å². The maximum Gasteiger partial charge on any atom is 0.241 e. The van der Waals surface area contributed by atoms with Crippen LogP contribution < -0.4 is 9.62 Å². The average molecular weight is 409 g/mol. The topological polar surface area (TPSA) is 107 Å². The van der Waals surface area contributed by atoms with Crippen LogP contribution in [0.25, 0.3) is 5.57 Å². The van der Waals surface area contributed by atoms with Crippen molar-refractivity contribution in [1.82, 2.24) is 4.72 Å². The Bertz CT molecular complexity index is 1170. The first-order chi connectivity index (χ1) is 14.0. The van der Waals surface area contributed by atoms with E-state index in [2.05, 4.69) is 4.72 Å². The summed E-state index contributed by atoms with van der Waals surface area (Å²) in [6, 6.07) is 18.8. The molecule has 0 bridgehead atoms. The molecule has 7 nitrogen and oxygen atoms in total. The van der Waals surface area contributed by atoms with Crippen molar-refractivity contribution in [2.24, 2.45) is 0 Å². The lowest BCUT2D eigenvalue weighted by Crippen LogP contribution is -2.27. The molecule has 0 amide bonds. The molecule has 1 aliphatic rings. The zero-order valence-corrected chi connectivity index (χ0v) is 16.2. The first kappa shape index (κ1) is 19.0. The Morgan fingerprint density at radius 3 is 2.59 bits per heavy atom. The highest BCUT2D eigenvalue weighted by molar-refractivity contribution is 7.89. The number of rotatable bonds is 6. The number of hydrogen-bond donors (Lipinski definition) is 3. The molecule has 1 aliphatic heterocycles. The molecule has 2 heterocycles. The third-order valence-electron chi connectivity index (χ3n) is 4.62. The van der Waals surface area contributed by atoms with Gasteiger partial charge in [0, 0.05) is 5.69 Å². The molecular formula is C21H19N3O4S. The van der Waals surface area contributed by atoms with Gasteiger partial charge in [-0.15, -0.1) is 0 Å². The van der Waals surface area contributed by atoms with Crippen LogP contribution in [0.4, 0.5) is 5.69 Å². The van der Waals surface area contributed by atoms with Gasteiger partial charge in [0.25, 0.3) is 0 Å². The van der Waals surface area contributed by atoms with Crippen LogP contribution in [0.3, 0.4) is 0 Å². The van der Waals surface area contributed by atoms with Crippen molar-refractivity contribution >= 4 is 27.1 Å². The largest absolute Gasteiger partial charge is 0.510 e. The lowest BCUT2D eigenvalue weighted by Gasteiger charge is -2.20. The van der Waals surface area contributed by atoms with Gasteiger partial charge < -0.3 is 14.4 Å². The Labute approximate surface area is 168 Å². The maximum absolute atomic E-state index is 12.6. The first-order valence-electron chi connectivity index (χ1n) is 8.92. The molecule has 2 aromatic carbocycles. The van der Waals surface area contributed by atoms with Gasteiger partial charge in [0.15, 0.2) is 0 Å². The molecule has 0 aliphatic carbocycles. The molecule has 0 spiro atoms. The van der Waals surface area contributed by atoms with Gasteiger partial charge in [-0.3, -0.25) is 5.41 Å². The molecule has 1 aromatic heterocycles. The molecule has 148 valence electrons. The predicted octanol–water partition coefficient (Wildman–Crippen LogP) is 3.52. The number of furan rings is 1. The highest BCUT2D eigenvalue weighted by Crippen LogP contribution is 2.31. The number of amidine groups is 1. The fourth-order valence-electron chi connectivity index (χ4n) is 3.19. The summed E-state index contributed by atoms with van der Waals surface area (Å²) in [5, 5.41) is 18.9. The Hall–Kier alpha value is -3.36. The maximum atomic E-state index is 12.6. The van der Waals surface area contributed by atoms with E-state index < -0.39 is 10.0 Å². The molecule has 0 atom stereocenters. The van der Waals surface area contributed by atoms with E-state index in [4.69, 9.17) is 9.83 Å². The van der Waals surface area contributed by atoms with Crippen molar-refractivity contribution in [3.05, 3.63) is 90.1 Å². The van der Waals surface area contributed by atoms with Gasteiger partial charge in [0.1, 0.15) is 17.4 Å². The number of hydrogen-bond acceptors (Lipinski definition) is 5. The number of aliphatic hydroxyl groups excluding tert-OH is 1. The summed E-state index contributed by atoms with van der Waals surface area (Å²) < 4.78 is 32.9. The molecule has 0 unspecified atom stereocenters. The predicted molar refractivity (Wildman–Crippen MR) is 110 cm³/mol. The minimum absolute atomic E-state index is 0.0413. The minimum Gasteiger partial charge on any atom is -0.510 e. The van der Waals surface area contributed by atoms with E-state index in [0.717, 1.165) is 5.56 Å². The van der Waals surface area contributed by atoms with Gasteiger partial charge in [-0.05, 0) is 35.9 Å². The summed E-state index contributed by atoms with van der Waals surface area (Å²) in [5.74, 6) is 0.699. The van der Waals surface area contributed by atoms with Gasteiger partial charge in [-0.25, -0.2) is 13.1 Å². The smallest absolute Gasteiger partial charge is 0.241 e. The van der Waals surface area contributed by atoms with Crippen LogP contribution in [0.15, 0.2) is 88.1 Å². The van der Waals surface area contributed by atoms with Gasteiger partial charge in [-0.1, -0.05) is 36.4 Å². The summed E-state index contributed by atoms with van der Waals surface area (Å²) in [5.41, 5.74) is 1.68. The van der Waals surface area contributed by atoms with Crippen LogP contribution in [0.2, 0.25) is 0 Å². The van der Waals surface area contributed by atoms with Crippen molar-refractivity contribution in [3.63, 3.8) is 0 Å². The van der Waals surface area contributed by atoms with Gasteiger partial charge >= 0.3 is 0 Å². The van der Waals surface area contributed by atoms with E-state index in [1.54, 1.807) is 29.2 Å². The van der Waals surface area contributed by atoms with E-state index in [-0.39, 0.29) is 29.6 Å². The van der Waals surface area contributed by atoms with Gasteiger partial charge in [0.2, 0.25) is 10.0 Å². The molecule has 3 N–H and O–H groups in total. The van der Waals surface area contributed by atoms with E-state index >= 15 is 0 Å². The van der Waals surface area contributed by atoms with Gasteiger partial charge in [0.05, 0.1) is 29.8 Å². The second kappa shape index (κ2) is 7.57. The van der Waals surface area contributed by atoms with Crippen LogP contribution in [0.1, 0.15) is 11.3 Å². The third-order valence-corrected chi connectivity index (χ3v) is 6.02. The molecule has 3 aromatic rings. The SMILES string of the molecule is N=C1C(c2ccccc2)=C(O)CN1c1cccc(S(=O)(=O)NCc2ccco2)c1. The minimum atomic E-state index is -3.77. The second-order valence-electron chi connectivity index (χ2n) is 6.52. The van der Waals surface area contributed by atoms with Gasteiger partial charge in [-0.2, -0.15) is 0 Å². The van der Waals surface area contributed by atoms with E-state index in [0.29, 0.717) is 17.0 Å². The molecular weight excluding hydrogens is 390 g/mol. The Morgan fingerprint density at radius 1 is 1.07 bits per heavy atom. The quantitative estimate of drug-likeness (QED) is 0.577. The third kappa shape index (κ3) is 3.80. The zero-order chi connectivity index (χ0) is 20.4. The van der Waals surface area contributed by atoms with Crippen molar-refractivity contribution in [1.29, 1.82) is 5.41 Å². The summed E-state index contributed by atoms with van der Waals surface area (Å²) in [6.45, 7) is 0.145. The van der Waals surface area contributed by atoms with Crippen LogP contribution in [0, 0.1) is 5.41 Å². The second-order valence-corrected chi connectivity index (χ2v) is 8.29. The molecule has 0 saturated carbocycles. The van der Waals surface area contributed by atoms with E-state index in [9.17, 15) is 13.5 Å². The van der Waals surface area contributed by atoms with Crippen molar-refractivity contribution in [2.45, 2.75) is 11.4 Å².